The van der Waals surface area contributed by atoms with Gasteiger partial charge in [0.25, 0.3) is 0 Å². The summed E-state index contributed by atoms with van der Waals surface area (Å²) in [6, 6.07) is 2.28. The number of ether oxygens (including phenoxy) is 1. The first kappa shape index (κ1) is 9.76. The number of hydrogen-bond donors (Lipinski definition) is 2. The van der Waals surface area contributed by atoms with E-state index in [9.17, 15) is 4.39 Å². The van der Waals surface area contributed by atoms with Crippen molar-refractivity contribution in [2.24, 2.45) is 5.90 Å². The van der Waals surface area contributed by atoms with Crippen molar-refractivity contribution in [1.29, 1.82) is 0 Å². The Morgan fingerprint density at radius 3 is 2.77 bits per heavy atom. The first-order chi connectivity index (χ1) is 6.19. The Labute approximate surface area is 74.6 Å². The van der Waals surface area contributed by atoms with Crippen LogP contribution in [0.25, 0.3) is 0 Å². The lowest BCUT2D eigenvalue weighted by atomic mass is 10.2. The van der Waals surface area contributed by atoms with Crippen molar-refractivity contribution in [2.75, 3.05) is 7.11 Å². The molecule has 0 atom stereocenters. The molecule has 0 saturated carbocycles. The Morgan fingerprint density at radius 2 is 2.23 bits per heavy atom. The van der Waals surface area contributed by atoms with Crippen molar-refractivity contribution in [3.05, 3.63) is 23.5 Å². The monoisotopic (exact) mass is 187 g/mol. The first-order valence-electron chi connectivity index (χ1n) is 3.56. The Balaban J connectivity index is 3.09. The molecule has 72 valence electrons. The van der Waals surface area contributed by atoms with Gasteiger partial charge in [0.15, 0.2) is 11.6 Å². The summed E-state index contributed by atoms with van der Waals surface area (Å²) in [6.45, 7) is 0.0526. The van der Waals surface area contributed by atoms with Gasteiger partial charge in [0.1, 0.15) is 5.75 Å². The van der Waals surface area contributed by atoms with Crippen molar-refractivity contribution in [2.45, 2.75) is 6.61 Å². The zero-order valence-corrected chi connectivity index (χ0v) is 7.08. The van der Waals surface area contributed by atoms with Gasteiger partial charge in [-0.25, -0.2) is 10.3 Å². The third kappa shape index (κ3) is 2.07. The molecule has 0 aliphatic rings. The van der Waals surface area contributed by atoms with E-state index in [2.05, 4.69) is 4.84 Å². The molecule has 0 heterocycles. The number of phenols is 1. The highest BCUT2D eigenvalue weighted by atomic mass is 19.1. The molecule has 1 rings (SSSR count). The molecule has 4 nitrogen and oxygen atoms in total. The highest BCUT2D eigenvalue weighted by molar-refractivity contribution is 5.40. The van der Waals surface area contributed by atoms with Crippen molar-refractivity contribution in [1.82, 2.24) is 0 Å². The van der Waals surface area contributed by atoms with Gasteiger partial charge in [-0.1, -0.05) is 0 Å². The van der Waals surface area contributed by atoms with E-state index in [4.69, 9.17) is 15.7 Å². The molecular formula is C8H10FNO3. The molecule has 3 N–H and O–H groups in total. The summed E-state index contributed by atoms with van der Waals surface area (Å²) in [5.41, 5.74) is 0.490. The van der Waals surface area contributed by atoms with Crippen LogP contribution in [0.5, 0.6) is 11.5 Å². The molecule has 13 heavy (non-hydrogen) atoms. The molecule has 0 bridgehead atoms. The molecule has 0 fully saturated rings. The van der Waals surface area contributed by atoms with Gasteiger partial charge < -0.3 is 9.84 Å². The molecule has 0 aliphatic carbocycles. The second-order valence-electron chi connectivity index (χ2n) is 2.43. The lowest BCUT2D eigenvalue weighted by Gasteiger charge is -2.07. The van der Waals surface area contributed by atoms with E-state index >= 15 is 0 Å². The zero-order chi connectivity index (χ0) is 9.84. The lowest BCUT2D eigenvalue weighted by Crippen LogP contribution is -2.01. The Hall–Kier alpha value is -1.33. The van der Waals surface area contributed by atoms with Crippen LogP contribution in [0.15, 0.2) is 12.1 Å². The van der Waals surface area contributed by atoms with E-state index < -0.39 is 11.6 Å². The van der Waals surface area contributed by atoms with Crippen LogP contribution >= 0.6 is 0 Å². The van der Waals surface area contributed by atoms with E-state index in [0.29, 0.717) is 11.3 Å². The van der Waals surface area contributed by atoms with Crippen molar-refractivity contribution in [3.63, 3.8) is 0 Å². The van der Waals surface area contributed by atoms with Gasteiger partial charge in [0.2, 0.25) is 0 Å². The van der Waals surface area contributed by atoms with E-state index in [1.165, 1.54) is 13.2 Å². The number of methoxy groups -OCH3 is 1. The largest absolute Gasteiger partial charge is 0.505 e. The minimum Gasteiger partial charge on any atom is -0.505 e. The van der Waals surface area contributed by atoms with Gasteiger partial charge in [-0.15, -0.1) is 0 Å². The second kappa shape index (κ2) is 4.06. The number of rotatable bonds is 3. The summed E-state index contributed by atoms with van der Waals surface area (Å²) < 4.78 is 17.6. The van der Waals surface area contributed by atoms with Crippen LogP contribution in [0.2, 0.25) is 0 Å². The number of benzene rings is 1. The maximum Gasteiger partial charge on any atom is 0.168 e. The predicted octanol–water partition coefficient (Wildman–Crippen LogP) is 0.930. The standard InChI is InChI=1S/C8H10FNO3/c1-12-8-3-6(9)7(11)2-5(8)4-13-10/h2-3,11H,4,10H2,1H3. The molecule has 0 aliphatic heterocycles. The normalized spacial score (nSPS) is 10.1. The van der Waals surface area contributed by atoms with Gasteiger partial charge in [-0.3, -0.25) is 4.84 Å². The van der Waals surface area contributed by atoms with Crippen molar-refractivity contribution < 1.29 is 19.1 Å². The first-order valence-corrected chi connectivity index (χ1v) is 3.56. The van der Waals surface area contributed by atoms with Gasteiger partial charge >= 0.3 is 0 Å². The molecule has 1 aromatic carbocycles. The molecule has 0 saturated heterocycles. The van der Waals surface area contributed by atoms with Crippen LogP contribution in [-0.4, -0.2) is 12.2 Å². The van der Waals surface area contributed by atoms with Gasteiger partial charge in [0.05, 0.1) is 13.7 Å². The average Bonchev–Trinajstić information content (AvgIpc) is 2.11. The molecule has 0 spiro atoms. The van der Waals surface area contributed by atoms with E-state index in [1.54, 1.807) is 0 Å². The summed E-state index contributed by atoms with van der Waals surface area (Å²) in [5.74, 6) is 3.94. The molecular weight excluding hydrogens is 177 g/mol. The van der Waals surface area contributed by atoms with Crippen LogP contribution < -0.4 is 10.6 Å². The average molecular weight is 187 g/mol. The summed E-state index contributed by atoms with van der Waals surface area (Å²) in [6.07, 6.45) is 0. The quantitative estimate of drug-likeness (QED) is 0.691. The maximum atomic E-state index is 12.8. The topological polar surface area (TPSA) is 64.7 Å². The Bertz CT molecular complexity index is 304. The minimum absolute atomic E-state index is 0.0526. The van der Waals surface area contributed by atoms with Gasteiger partial charge in [0, 0.05) is 11.6 Å². The molecule has 0 radical (unpaired) electrons. The van der Waals surface area contributed by atoms with E-state index in [1.807, 2.05) is 0 Å². The number of nitrogens with two attached hydrogens (primary N) is 1. The van der Waals surface area contributed by atoms with Crippen LogP contribution in [-0.2, 0) is 11.4 Å². The highest BCUT2D eigenvalue weighted by Gasteiger charge is 2.09. The molecule has 1 aromatic rings. The highest BCUT2D eigenvalue weighted by Crippen LogP contribution is 2.26. The zero-order valence-electron chi connectivity index (χ0n) is 7.08. The van der Waals surface area contributed by atoms with E-state index in [-0.39, 0.29) is 6.61 Å². The number of aromatic hydroxyl groups is 1. The fourth-order valence-corrected chi connectivity index (χ4v) is 0.979. The van der Waals surface area contributed by atoms with Crippen molar-refractivity contribution >= 4 is 0 Å². The fraction of sp³-hybridized carbons (Fsp3) is 0.250. The van der Waals surface area contributed by atoms with Crippen LogP contribution in [0, 0.1) is 5.82 Å². The lowest BCUT2D eigenvalue weighted by molar-refractivity contribution is 0.121. The second-order valence-corrected chi connectivity index (χ2v) is 2.43. The van der Waals surface area contributed by atoms with E-state index in [0.717, 1.165) is 6.07 Å². The summed E-state index contributed by atoms with van der Waals surface area (Å²) in [5, 5.41) is 9.02. The van der Waals surface area contributed by atoms with Gasteiger partial charge in [-0.2, -0.15) is 0 Å². The van der Waals surface area contributed by atoms with Crippen molar-refractivity contribution in [3.8, 4) is 11.5 Å². The summed E-state index contributed by atoms with van der Waals surface area (Å²) >= 11 is 0. The smallest absolute Gasteiger partial charge is 0.168 e. The van der Waals surface area contributed by atoms with Gasteiger partial charge in [-0.05, 0) is 6.07 Å². The minimum atomic E-state index is -0.738. The van der Waals surface area contributed by atoms with Crippen LogP contribution in [0.3, 0.4) is 0 Å². The number of phenolic OH excluding ortho intramolecular Hbond substituents is 1. The molecule has 5 heteroatoms. The summed E-state index contributed by atoms with van der Waals surface area (Å²) in [7, 11) is 1.39. The Morgan fingerprint density at radius 1 is 1.54 bits per heavy atom. The maximum absolute atomic E-state index is 12.8. The van der Waals surface area contributed by atoms with Crippen LogP contribution in [0.4, 0.5) is 4.39 Å². The Kier molecular flexibility index (Phi) is 3.05. The van der Waals surface area contributed by atoms with Crippen LogP contribution in [0.1, 0.15) is 5.56 Å². The third-order valence-electron chi connectivity index (χ3n) is 1.59. The molecule has 0 unspecified atom stereocenters. The molecule has 0 aromatic heterocycles. The fourth-order valence-electron chi connectivity index (χ4n) is 0.979. The SMILES string of the molecule is COc1cc(F)c(O)cc1CON. The number of hydrogen-bond acceptors (Lipinski definition) is 4. The third-order valence-corrected chi connectivity index (χ3v) is 1.59. The summed E-state index contributed by atoms with van der Waals surface area (Å²) in [4.78, 5) is 4.35. The predicted molar refractivity (Wildman–Crippen MR) is 43.6 cm³/mol. The molecule has 0 amide bonds. The number of halogens is 1.